The third-order valence-electron chi connectivity index (χ3n) is 4.48. The molecule has 0 bridgehead atoms. The van der Waals surface area contributed by atoms with Gasteiger partial charge >= 0.3 is 6.18 Å². The van der Waals surface area contributed by atoms with Crippen LogP contribution in [-0.4, -0.2) is 45.2 Å². The lowest BCUT2D eigenvalue weighted by atomic mass is 10.1. The number of sulfone groups is 1. The van der Waals surface area contributed by atoms with Crippen molar-refractivity contribution in [3.05, 3.63) is 42.1 Å². The SMILES string of the molecule is Cc1cc(-c2ccccc2S(=O)(=O)CCOCC2CC2)cnc1OCC(F)(F)F. The summed E-state index contributed by atoms with van der Waals surface area (Å²) in [5.41, 5.74) is 1.30. The van der Waals surface area contributed by atoms with Crippen LogP contribution in [0.25, 0.3) is 11.1 Å². The van der Waals surface area contributed by atoms with Gasteiger partial charge in [-0.1, -0.05) is 18.2 Å². The van der Waals surface area contributed by atoms with E-state index in [0.29, 0.717) is 29.2 Å². The molecule has 0 saturated heterocycles. The van der Waals surface area contributed by atoms with Gasteiger partial charge in [-0.3, -0.25) is 0 Å². The van der Waals surface area contributed by atoms with Gasteiger partial charge in [0, 0.05) is 29.5 Å². The number of hydrogen-bond acceptors (Lipinski definition) is 5. The summed E-state index contributed by atoms with van der Waals surface area (Å²) in [5.74, 6) is 0.271. The normalized spacial score (nSPS) is 14.8. The first-order valence-corrected chi connectivity index (χ1v) is 10.9. The van der Waals surface area contributed by atoms with E-state index in [-0.39, 0.29) is 23.1 Å². The molecule has 1 fully saturated rings. The Morgan fingerprint density at radius 1 is 1.21 bits per heavy atom. The molecule has 1 aromatic heterocycles. The van der Waals surface area contributed by atoms with Crippen molar-refractivity contribution in [3.8, 4) is 17.0 Å². The Hall–Kier alpha value is -2.13. The maximum atomic E-state index is 12.8. The summed E-state index contributed by atoms with van der Waals surface area (Å²) in [6.07, 6.45) is -0.888. The van der Waals surface area contributed by atoms with Crippen LogP contribution in [0.4, 0.5) is 13.2 Å². The van der Waals surface area contributed by atoms with E-state index in [2.05, 4.69) is 4.98 Å². The van der Waals surface area contributed by atoms with Crippen LogP contribution < -0.4 is 4.74 Å². The summed E-state index contributed by atoms with van der Waals surface area (Å²) in [4.78, 5) is 4.08. The van der Waals surface area contributed by atoms with Gasteiger partial charge in [-0.15, -0.1) is 0 Å². The Morgan fingerprint density at radius 3 is 2.59 bits per heavy atom. The molecule has 5 nitrogen and oxygen atoms in total. The monoisotopic (exact) mass is 429 g/mol. The summed E-state index contributed by atoms with van der Waals surface area (Å²) in [6.45, 7) is 0.825. The molecule has 158 valence electrons. The first-order chi connectivity index (χ1) is 13.7. The highest BCUT2D eigenvalue weighted by atomic mass is 32.2. The lowest BCUT2D eigenvalue weighted by Crippen LogP contribution is -2.20. The number of alkyl halides is 3. The number of aryl methyl sites for hydroxylation is 1. The third-order valence-corrected chi connectivity index (χ3v) is 6.21. The number of ether oxygens (including phenoxy) is 2. The highest BCUT2D eigenvalue weighted by Gasteiger charge is 2.29. The molecule has 0 radical (unpaired) electrons. The quantitative estimate of drug-likeness (QED) is 0.559. The standard InChI is InChI=1S/C20H22F3NO4S/c1-14-10-16(11-24-19(14)28-13-20(21,22)23)17-4-2-3-5-18(17)29(25,26)9-8-27-12-15-6-7-15/h2-5,10-11,15H,6-9,12-13H2,1H3. The van der Waals surface area contributed by atoms with Gasteiger partial charge in [-0.2, -0.15) is 13.2 Å². The van der Waals surface area contributed by atoms with E-state index in [0.717, 1.165) is 12.8 Å². The van der Waals surface area contributed by atoms with Crippen molar-refractivity contribution >= 4 is 9.84 Å². The van der Waals surface area contributed by atoms with Crippen LogP contribution in [0, 0.1) is 12.8 Å². The Morgan fingerprint density at radius 2 is 1.93 bits per heavy atom. The number of aromatic nitrogens is 1. The molecule has 1 heterocycles. The predicted octanol–water partition coefficient (Wildman–Crippen LogP) is 4.20. The molecule has 2 aromatic rings. The van der Waals surface area contributed by atoms with Crippen molar-refractivity contribution in [2.45, 2.75) is 30.8 Å². The zero-order valence-corrected chi connectivity index (χ0v) is 16.7. The fourth-order valence-corrected chi connectivity index (χ4v) is 4.16. The predicted molar refractivity (Wildman–Crippen MR) is 102 cm³/mol. The minimum Gasteiger partial charge on any atom is -0.468 e. The average Bonchev–Trinajstić information content (AvgIpc) is 3.48. The highest BCUT2D eigenvalue weighted by Crippen LogP contribution is 2.31. The number of benzene rings is 1. The minimum atomic E-state index is -4.46. The maximum Gasteiger partial charge on any atom is 0.422 e. The van der Waals surface area contributed by atoms with Crippen LogP contribution in [0.5, 0.6) is 5.88 Å². The molecule has 3 rings (SSSR count). The van der Waals surface area contributed by atoms with Crippen LogP contribution in [0.1, 0.15) is 18.4 Å². The molecule has 0 N–H and O–H groups in total. The Labute approximate surface area is 167 Å². The van der Waals surface area contributed by atoms with Crippen molar-refractivity contribution in [1.29, 1.82) is 0 Å². The van der Waals surface area contributed by atoms with Crippen molar-refractivity contribution in [2.24, 2.45) is 5.92 Å². The average molecular weight is 429 g/mol. The molecule has 9 heteroatoms. The first kappa shape index (κ1) is 21.6. The molecule has 0 unspecified atom stereocenters. The summed E-state index contributed by atoms with van der Waals surface area (Å²) < 4.78 is 72.8. The molecule has 1 aliphatic rings. The van der Waals surface area contributed by atoms with Crippen LogP contribution in [0.3, 0.4) is 0 Å². The van der Waals surface area contributed by atoms with E-state index in [1.165, 1.54) is 12.3 Å². The van der Waals surface area contributed by atoms with Crippen molar-refractivity contribution in [2.75, 3.05) is 25.6 Å². The van der Waals surface area contributed by atoms with Gasteiger partial charge < -0.3 is 9.47 Å². The van der Waals surface area contributed by atoms with E-state index >= 15 is 0 Å². The molecule has 1 aromatic carbocycles. The number of pyridine rings is 1. The van der Waals surface area contributed by atoms with E-state index in [9.17, 15) is 21.6 Å². The molecule has 29 heavy (non-hydrogen) atoms. The zero-order chi connectivity index (χ0) is 21.1. The molecule has 1 saturated carbocycles. The summed E-state index contributed by atoms with van der Waals surface area (Å²) in [7, 11) is -3.60. The zero-order valence-electron chi connectivity index (χ0n) is 15.9. The number of hydrogen-bond donors (Lipinski definition) is 0. The Kier molecular flexibility index (Phi) is 6.48. The third kappa shape index (κ3) is 6.17. The molecular weight excluding hydrogens is 407 g/mol. The van der Waals surface area contributed by atoms with Crippen LogP contribution >= 0.6 is 0 Å². The minimum absolute atomic E-state index is 0.120. The first-order valence-electron chi connectivity index (χ1n) is 9.22. The number of halogens is 3. The molecule has 0 spiro atoms. The van der Waals surface area contributed by atoms with Gasteiger partial charge in [-0.05, 0) is 37.8 Å². The summed E-state index contributed by atoms with van der Waals surface area (Å²) in [5, 5.41) is 0. The van der Waals surface area contributed by atoms with Crippen molar-refractivity contribution in [1.82, 2.24) is 4.98 Å². The molecule has 0 atom stereocenters. The topological polar surface area (TPSA) is 65.5 Å². The summed E-state index contributed by atoms with van der Waals surface area (Å²) in [6, 6.07) is 8.04. The van der Waals surface area contributed by atoms with Crippen molar-refractivity contribution in [3.63, 3.8) is 0 Å². The lowest BCUT2D eigenvalue weighted by molar-refractivity contribution is -0.154. The molecular formula is C20H22F3NO4S. The van der Waals surface area contributed by atoms with E-state index in [1.54, 1.807) is 31.2 Å². The van der Waals surface area contributed by atoms with Gasteiger partial charge in [-0.25, -0.2) is 13.4 Å². The lowest BCUT2D eigenvalue weighted by Gasteiger charge is -2.14. The van der Waals surface area contributed by atoms with Gasteiger partial charge in [0.1, 0.15) is 0 Å². The second-order valence-electron chi connectivity index (χ2n) is 7.08. The largest absolute Gasteiger partial charge is 0.468 e. The van der Waals surface area contributed by atoms with Gasteiger partial charge in [0.15, 0.2) is 16.4 Å². The van der Waals surface area contributed by atoms with Crippen LogP contribution in [-0.2, 0) is 14.6 Å². The molecule has 1 aliphatic carbocycles. The summed E-state index contributed by atoms with van der Waals surface area (Å²) >= 11 is 0. The fourth-order valence-electron chi connectivity index (χ4n) is 2.80. The van der Waals surface area contributed by atoms with E-state index in [1.807, 2.05) is 0 Å². The Balaban J connectivity index is 1.77. The number of nitrogens with zero attached hydrogens (tertiary/aromatic N) is 1. The highest BCUT2D eigenvalue weighted by molar-refractivity contribution is 7.91. The molecule has 0 amide bonds. The maximum absolute atomic E-state index is 12.8. The van der Waals surface area contributed by atoms with Gasteiger partial charge in [0.05, 0.1) is 17.3 Å². The van der Waals surface area contributed by atoms with Crippen LogP contribution in [0.2, 0.25) is 0 Å². The van der Waals surface area contributed by atoms with Gasteiger partial charge in [0.25, 0.3) is 0 Å². The second-order valence-corrected chi connectivity index (χ2v) is 9.16. The smallest absolute Gasteiger partial charge is 0.422 e. The molecule has 0 aliphatic heterocycles. The van der Waals surface area contributed by atoms with Crippen molar-refractivity contribution < 1.29 is 31.1 Å². The fraction of sp³-hybridized carbons (Fsp3) is 0.450. The second kappa shape index (κ2) is 8.71. The van der Waals surface area contributed by atoms with E-state index < -0.39 is 22.6 Å². The van der Waals surface area contributed by atoms with Gasteiger partial charge in [0.2, 0.25) is 5.88 Å². The Bertz CT molecular complexity index is 956. The van der Waals surface area contributed by atoms with E-state index in [4.69, 9.17) is 9.47 Å². The number of rotatable bonds is 9. The van der Waals surface area contributed by atoms with Crippen LogP contribution in [0.15, 0.2) is 41.4 Å².